The van der Waals surface area contributed by atoms with E-state index < -0.39 is 11.4 Å². The first-order valence-electron chi connectivity index (χ1n) is 7.91. The minimum atomic E-state index is -0.867. The van der Waals surface area contributed by atoms with Crippen LogP contribution in [0.1, 0.15) is 20.3 Å². The number of rotatable bonds is 6. The number of methoxy groups -OCH3 is 1. The summed E-state index contributed by atoms with van der Waals surface area (Å²) in [6.07, 6.45) is 0.254. The monoisotopic (exact) mass is 336 g/mol. The van der Waals surface area contributed by atoms with Gasteiger partial charge in [-0.2, -0.15) is 0 Å². The highest BCUT2D eigenvalue weighted by molar-refractivity contribution is 5.79. The van der Waals surface area contributed by atoms with Gasteiger partial charge in [0.1, 0.15) is 17.6 Å². The number of amides is 2. The SMILES string of the molecule is COc1ccc(OC(C)CNC(=O)N2CCC(C)(C(=O)O)C2)cc1. The van der Waals surface area contributed by atoms with Crippen molar-refractivity contribution in [1.82, 2.24) is 10.2 Å². The highest BCUT2D eigenvalue weighted by Gasteiger charge is 2.42. The number of carboxylic acids is 1. The van der Waals surface area contributed by atoms with Crippen LogP contribution in [0.25, 0.3) is 0 Å². The molecule has 0 aliphatic carbocycles. The van der Waals surface area contributed by atoms with E-state index in [1.165, 1.54) is 4.90 Å². The van der Waals surface area contributed by atoms with Gasteiger partial charge in [0.15, 0.2) is 0 Å². The van der Waals surface area contributed by atoms with Gasteiger partial charge >= 0.3 is 12.0 Å². The Bertz CT molecular complexity index is 589. The van der Waals surface area contributed by atoms with E-state index in [9.17, 15) is 14.7 Å². The molecule has 2 amide bonds. The summed E-state index contributed by atoms with van der Waals surface area (Å²) in [6, 6.07) is 6.95. The van der Waals surface area contributed by atoms with E-state index in [-0.39, 0.29) is 18.7 Å². The van der Waals surface area contributed by atoms with Crippen molar-refractivity contribution in [3.05, 3.63) is 24.3 Å². The smallest absolute Gasteiger partial charge is 0.317 e. The van der Waals surface area contributed by atoms with Crippen molar-refractivity contribution in [2.45, 2.75) is 26.4 Å². The Balaban J connectivity index is 1.78. The zero-order valence-electron chi connectivity index (χ0n) is 14.2. The lowest BCUT2D eigenvalue weighted by Gasteiger charge is -2.22. The number of nitrogens with one attached hydrogen (secondary N) is 1. The van der Waals surface area contributed by atoms with Crippen LogP contribution in [0, 0.1) is 5.41 Å². The first-order chi connectivity index (χ1) is 11.3. The average Bonchev–Trinajstić information content (AvgIpc) is 2.97. The van der Waals surface area contributed by atoms with Gasteiger partial charge < -0.3 is 24.8 Å². The predicted octanol–water partition coefficient (Wildman–Crippen LogP) is 1.97. The van der Waals surface area contributed by atoms with Gasteiger partial charge in [-0.25, -0.2) is 4.79 Å². The third-order valence-electron chi connectivity index (χ3n) is 4.21. The fourth-order valence-corrected chi connectivity index (χ4v) is 2.58. The molecule has 1 fully saturated rings. The zero-order chi connectivity index (χ0) is 17.7. The molecule has 0 aromatic heterocycles. The molecule has 0 spiro atoms. The van der Waals surface area contributed by atoms with Crippen LogP contribution >= 0.6 is 0 Å². The van der Waals surface area contributed by atoms with Crippen molar-refractivity contribution in [1.29, 1.82) is 0 Å². The maximum absolute atomic E-state index is 12.1. The second-order valence-corrected chi connectivity index (χ2v) is 6.33. The number of carbonyl (C=O) groups excluding carboxylic acids is 1. The summed E-state index contributed by atoms with van der Waals surface area (Å²) >= 11 is 0. The molecule has 1 aromatic carbocycles. The molecule has 1 aliphatic heterocycles. The largest absolute Gasteiger partial charge is 0.497 e. The summed E-state index contributed by atoms with van der Waals surface area (Å²) in [5.41, 5.74) is -0.859. The molecule has 1 aliphatic rings. The average molecular weight is 336 g/mol. The van der Waals surface area contributed by atoms with Crippen LogP contribution < -0.4 is 14.8 Å². The highest BCUT2D eigenvalue weighted by atomic mass is 16.5. The first kappa shape index (κ1) is 17.9. The predicted molar refractivity (Wildman–Crippen MR) is 88.4 cm³/mol. The molecule has 132 valence electrons. The third kappa shape index (κ3) is 4.31. The second kappa shape index (κ2) is 7.42. The summed E-state index contributed by atoms with van der Waals surface area (Å²) in [4.78, 5) is 24.9. The minimum Gasteiger partial charge on any atom is -0.497 e. The zero-order valence-corrected chi connectivity index (χ0v) is 14.2. The van der Waals surface area contributed by atoms with Gasteiger partial charge in [-0.15, -0.1) is 0 Å². The second-order valence-electron chi connectivity index (χ2n) is 6.33. The van der Waals surface area contributed by atoms with Gasteiger partial charge in [0.25, 0.3) is 0 Å². The van der Waals surface area contributed by atoms with Gasteiger partial charge in [-0.1, -0.05) is 0 Å². The van der Waals surface area contributed by atoms with E-state index in [1.807, 2.05) is 6.92 Å². The van der Waals surface area contributed by atoms with Crippen molar-refractivity contribution in [3.63, 3.8) is 0 Å². The summed E-state index contributed by atoms with van der Waals surface area (Å²) < 4.78 is 10.8. The quantitative estimate of drug-likeness (QED) is 0.829. The number of urea groups is 1. The number of carboxylic acid groups (broad SMARTS) is 1. The Morgan fingerprint density at radius 3 is 2.50 bits per heavy atom. The normalized spacial score (nSPS) is 21.2. The third-order valence-corrected chi connectivity index (χ3v) is 4.21. The maximum Gasteiger partial charge on any atom is 0.317 e. The van der Waals surface area contributed by atoms with Gasteiger partial charge in [0, 0.05) is 13.1 Å². The van der Waals surface area contributed by atoms with Crippen LogP contribution in [0.5, 0.6) is 11.5 Å². The molecule has 1 aromatic rings. The molecule has 2 N–H and O–H groups in total. The van der Waals surface area contributed by atoms with Gasteiger partial charge in [-0.05, 0) is 44.5 Å². The fourth-order valence-electron chi connectivity index (χ4n) is 2.58. The van der Waals surface area contributed by atoms with E-state index in [2.05, 4.69) is 5.32 Å². The van der Waals surface area contributed by atoms with Crippen molar-refractivity contribution < 1.29 is 24.2 Å². The Morgan fingerprint density at radius 2 is 1.96 bits per heavy atom. The molecule has 0 bridgehead atoms. The molecule has 2 rings (SSSR count). The molecule has 2 unspecified atom stereocenters. The molecule has 1 saturated heterocycles. The Labute approximate surface area is 141 Å². The Morgan fingerprint density at radius 1 is 1.33 bits per heavy atom. The highest BCUT2D eigenvalue weighted by Crippen LogP contribution is 2.29. The van der Waals surface area contributed by atoms with E-state index in [4.69, 9.17) is 9.47 Å². The molecule has 1 heterocycles. The fraction of sp³-hybridized carbons (Fsp3) is 0.529. The molecular weight excluding hydrogens is 312 g/mol. The standard InChI is InChI=1S/C17H24N2O5/c1-12(24-14-6-4-13(23-3)5-7-14)10-18-16(22)19-9-8-17(2,11-19)15(20)21/h4-7,12H,8-11H2,1-3H3,(H,18,22)(H,20,21). The summed E-state index contributed by atoms with van der Waals surface area (Å²) in [5.74, 6) is 0.574. The minimum absolute atomic E-state index is 0.212. The molecule has 0 saturated carbocycles. The number of ether oxygens (including phenoxy) is 2. The summed E-state index contributed by atoms with van der Waals surface area (Å²) in [7, 11) is 1.60. The van der Waals surface area contributed by atoms with Crippen LogP contribution in [0.15, 0.2) is 24.3 Å². The van der Waals surface area contributed by atoms with Crippen LogP contribution in [0.2, 0.25) is 0 Å². The van der Waals surface area contributed by atoms with Gasteiger partial charge in [0.05, 0.1) is 19.1 Å². The number of hydrogen-bond acceptors (Lipinski definition) is 4. The molecule has 24 heavy (non-hydrogen) atoms. The molecule has 2 atom stereocenters. The lowest BCUT2D eigenvalue weighted by Crippen LogP contribution is -2.43. The van der Waals surface area contributed by atoms with Crippen LogP contribution in [0.4, 0.5) is 4.79 Å². The number of nitrogens with zero attached hydrogens (tertiary/aromatic N) is 1. The summed E-state index contributed by atoms with van der Waals surface area (Å²) in [6.45, 7) is 4.53. The molecular formula is C17H24N2O5. The number of likely N-dealkylation sites (tertiary alicyclic amines) is 1. The van der Waals surface area contributed by atoms with Crippen molar-refractivity contribution in [2.75, 3.05) is 26.7 Å². The first-order valence-corrected chi connectivity index (χ1v) is 7.91. The number of carbonyl (C=O) groups is 2. The van der Waals surface area contributed by atoms with Crippen LogP contribution in [-0.2, 0) is 4.79 Å². The maximum atomic E-state index is 12.1. The Hall–Kier alpha value is -2.44. The lowest BCUT2D eigenvalue weighted by atomic mass is 9.90. The van der Waals surface area contributed by atoms with E-state index >= 15 is 0 Å². The number of benzene rings is 1. The number of aliphatic carboxylic acids is 1. The number of hydrogen-bond donors (Lipinski definition) is 2. The summed E-state index contributed by atoms with van der Waals surface area (Å²) in [5, 5.41) is 12.0. The van der Waals surface area contributed by atoms with E-state index in [1.54, 1.807) is 38.3 Å². The van der Waals surface area contributed by atoms with Gasteiger partial charge in [0.2, 0.25) is 0 Å². The van der Waals surface area contributed by atoms with E-state index in [0.29, 0.717) is 25.3 Å². The molecule has 7 nitrogen and oxygen atoms in total. The molecule has 7 heteroatoms. The topological polar surface area (TPSA) is 88.1 Å². The van der Waals surface area contributed by atoms with E-state index in [0.717, 1.165) is 5.75 Å². The van der Waals surface area contributed by atoms with Gasteiger partial charge in [-0.3, -0.25) is 4.79 Å². The van der Waals surface area contributed by atoms with Crippen LogP contribution in [0.3, 0.4) is 0 Å². The Kier molecular flexibility index (Phi) is 5.54. The van der Waals surface area contributed by atoms with Crippen LogP contribution in [-0.4, -0.2) is 54.9 Å². The lowest BCUT2D eigenvalue weighted by molar-refractivity contribution is -0.147. The molecule has 0 radical (unpaired) electrons. The van der Waals surface area contributed by atoms with Crippen molar-refractivity contribution >= 4 is 12.0 Å². The van der Waals surface area contributed by atoms with Crippen molar-refractivity contribution in [3.8, 4) is 11.5 Å². The van der Waals surface area contributed by atoms with Crippen molar-refractivity contribution in [2.24, 2.45) is 5.41 Å².